The molecule has 0 aromatic heterocycles. The minimum Gasteiger partial charge on any atom is -0.480 e. The largest absolute Gasteiger partial charge is 0.480 e. The van der Waals surface area contributed by atoms with Crippen LogP contribution in [0.4, 0.5) is 4.79 Å². The normalized spacial score (nSPS) is 29.8. The molecule has 2 fully saturated rings. The van der Waals surface area contributed by atoms with E-state index in [1.807, 2.05) is 6.92 Å². The van der Waals surface area contributed by atoms with E-state index >= 15 is 0 Å². The number of carboxylic acid groups (broad SMARTS) is 1. The molecule has 0 radical (unpaired) electrons. The summed E-state index contributed by atoms with van der Waals surface area (Å²) in [5.74, 6) is -1.05. The second kappa shape index (κ2) is 4.76. The van der Waals surface area contributed by atoms with E-state index in [0.29, 0.717) is 0 Å². The molecule has 1 unspecified atom stereocenters. The molecule has 2 amide bonds. The van der Waals surface area contributed by atoms with Gasteiger partial charge in [-0.1, -0.05) is 6.92 Å². The number of carboxylic acids is 1. The first-order valence-electron chi connectivity index (χ1n) is 6.47. The van der Waals surface area contributed by atoms with Crippen LogP contribution in [0.1, 0.15) is 39.0 Å². The molecule has 0 aromatic carbocycles. The molecule has 0 bridgehead atoms. The van der Waals surface area contributed by atoms with Crippen molar-refractivity contribution >= 4 is 12.0 Å². The van der Waals surface area contributed by atoms with Gasteiger partial charge in [-0.15, -0.1) is 0 Å². The summed E-state index contributed by atoms with van der Waals surface area (Å²) in [6.07, 6.45) is 3.22. The molecule has 3 N–H and O–H groups in total. The summed E-state index contributed by atoms with van der Waals surface area (Å²) in [6.45, 7) is 2.12. The average Bonchev–Trinajstić information content (AvgIpc) is 2.66. The molecule has 18 heavy (non-hydrogen) atoms. The zero-order chi connectivity index (χ0) is 13.3. The quantitative estimate of drug-likeness (QED) is 0.687. The van der Waals surface area contributed by atoms with Crippen molar-refractivity contribution in [2.75, 3.05) is 6.54 Å². The Kier molecular flexibility index (Phi) is 3.47. The molecule has 2 atom stereocenters. The molecule has 1 saturated heterocycles. The molecule has 2 rings (SSSR count). The van der Waals surface area contributed by atoms with Gasteiger partial charge in [-0.05, 0) is 25.7 Å². The van der Waals surface area contributed by atoms with E-state index in [0.717, 1.165) is 25.7 Å². The number of carbonyl (C=O) groups excluding carboxylic acids is 1. The maximum absolute atomic E-state index is 12.1. The van der Waals surface area contributed by atoms with Crippen LogP contribution in [0.2, 0.25) is 0 Å². The monoisotopic (exact) mass is 256 g/mol. The first-order chi connectivity index (χ1) is 8.47. The van der Waals surface area contributed by atoms with Crippen molar-refractivity contribution in [3.8, 4) is 0 Å². The lowest BCUT2D eigenvalue weighted by Gasteiger charge is -2.43. The van der Waals surface area contributed by atoms with Crippen LogP contribution in [0.25, 0.3) is 0 Å². The van der Waals surface area contributed by atoms with E-state index < -0.39 is 18.1 Å². The summed E-state index contributed by atoms with van der Waals surface area (Å²) in [4.78, 5) is 24.4. The van der Waals surface area contributed by atoms with Crippen molar-refractivity contribution in [3.05, 3.63) is 0 Å². The predicted octanol–water partition coefficient (Wildman–Crippen LogP) is 0.548. The number of nitrogens with one attached hydrogen (secondary N) is 1. The fourth-order valence-electron chi connectivity index (χ4n) is 2.74. The Morgan fingerprint density at radius 2 is 2.11 bits per heavy atom. The lowest BCUT2D eigenvalue weighted by atomic mass is 9.75. The van der Waals surface area contributed by atoms with Crippen LogP contribution in [0.5, 0.6) is 0 Å². The van der Waals surface area contributed by atoms with Gasteiger partial charge < -0.3 is 20.4 Å². The summed E-state index contributed by atoms with van der Waals surface area (Å²) >= 11 is 0. The summed E-state index contributed by atoms with van der Waals surface area (Å²) in [5, 5.41) is 21.5. The highest BCUT2D eigenvalue weighted by Gasteiger charge is 2.43. The molecule has 102 valence electrons. The summed E-state index contributed by atoms with van der Waals surface area (Å²) in [5.41, 5.74) is -0.159. The number of nitrogens with zero attached hydrogens (tertiary/aromatic N) is 1. The number of aliphatic carboxylic acids is 1. The van der Waals surface area contributed by atoms with Crippen molar-refractivity contribution in [2.45, 2.75) is 56.7 Å². The summed E-state index contributed by atoms with van der Waals surface area (Å²) in [6, 6.07) is -1.27. The highest BCUT2D eigenvalue weighted by molar-refractivity contribution is 5.84. The smallest absolute Gasteiger partial charge is 0.326 e. The Morgan fingerprint density at radius 1 is 1.44 bits per heavy atom. The van der Waals surface area contributed by atoms with Gasteiger partial charge in [0, 0.05) is 18.5 Å². The zero-order valence-corrected chi connectivity index (χ0v) is 10.6. The molecular formula is C12H20N2O4. The fraction of sp³-hybridized carbons (Fsp3) is 0.833. The Bertz CT molecular complexity index is 348. The molecule has 6 nitrogen and oxygen atoms in total. The number of hydrogen-bond donors (Lipinski definition) is 3. The fourth-order valence-corrected chi connectivity index (χ4v) is 2.74. The van der Waals surface area contributed by atoms with E-state index in [4.69, 9.17) is 5.11 Å². The molecule has 1 saturated carbocycles. The van der Waals surface area contributed by atoms with E-state index in [9.17, 15) is 14.7 Å². The van der Waals surface area contributed by atoms with Gasteiger partial charge in [0.1, 0.15) is 6.04 Å². The van der Waals surface area contributed by atoms with Gasteiger partial charge in [0.05, 0.1) is 6.10 Å². The lowest BCUT2D eigenvalue weighted by molar-refractivity contribution is -0.141. The van der Waals surface area contributed by atoms with Crippen LogP contribution in [-0.2, 0) is 4.79 Å². The van der Waals surface area contributed by atoms with Crippen molar-refractivity contribution in [1.29, 1.82) is 0 Å². The van der Waals surface area contributed by atoms with Gasteiger partial charge in [0.15, 0.2) is 0 Å². The maximum atomic E-state index is 12.1. The van der Waals surface area contributed by atoms with Crippen molar-refractivity contribution < 1.29 is 19.8 Å². The minimum absolute atomic E-state index is 0.0998. The van der Waals surface area contributed by atoms with Crippen molar-refractivity contribution in [3.63, 3.8) is 0 Å². The number of β-amino-alcohol motifs (C(OH)–C–C–N with tert-alkyl or cyclic N) is 1. The molecule has 1 aliphatic heterocycles. The number of aliphatic hydroxyl groups excluding tert-OH is 1. The van der Waals surface area contributed by atoms with Crippen LogP contribution < -0.4 is 5.32 Å². The second-order valence-electron chi connectivity index (χ2n) is 5.31. The Morgan fingerprint density at radius 3 is 2.56 bits per heavy atom. The van der Waals surface area contributed by atoms with Gasteiger partial charge >= 0.3 is 12.0 Å². The Labute approximate surface area is 106 Å². The van der Waals surface area contributed by atoms with Crippen LogP contribution in [0.15, 0.2) is 0 Å². The van der Waals surface area contributed by atoms with Crippen molar-refractivity contribution in [1.82, 2.24) is 10.2 Å². The standard InChI is InChI=1S/C12H20N2O4/c1-2-12(4-3-5-12)13-11(18)14-7-8(15)6-9(14)10(16)17/h8-9,15H,2-7H2,1H3,(H,13,18)(H,16,17)/t8?,9-/m0/s1. The number of rotatable bonds is 3. The van der Waals surface area contributed by atoms with Gasteiger partial charge in [-0.25, -0.2) is 9.59 Å². The van der Waals surface area contributed by atoms with Gasteiger partial charge in [-0.3, -0.25) is 0 Å². The topological polar surface area (TPSA) is 89.9 Å². The van der Waals surface area contributed by atoms with Crippen LogP contribution >= 0.6 is 0 Å². The molecule has 0 aromatic rings. The third-order valence-corrected chi connectivity index (χ3v) is 4.18. The summed E-state index contributed by atoms with van der Waals surface area (Å²) in [7, 11) is 0. The van der Waals surface area contributed by atoms with Crippen LogP contribution in [0.3, 0.4) is 0 Å². The number of urea groups is 1. The third-order valence-electron chi connectivity index (χ3n) is 4.18. The molecule has 6 heteroatoms. The SMILES string of the molecule is CCC1(NC(=O)N2CC(O)C[C@H]2C(=O)O)CCC1. The molecule has 0 spiro atoms. The minimum atomic E-state index is -1.05. The van der Waals surface area contributed by atoms with Crippen molar-refractivity contribution in [2.24, 2.45) is 0 Å². The van der Waals surface area contributed by atoms with E-state index in [1.54, 1.807) is 0 Å². The van der Waals surface area contributed by atoms with E-state index in [2.05, 4.69) is 5.32 Å². The third kappa shape index (κ3) is 2.29. The average molecular weight is 256 g/mol. The highest BCUT2D eigenvalue weighted by Crippen LogP contribution is 2.35. The van der Waals surface area contributed by atoms with Crippen LogP contribution in [0, 0.1) is 0 Å². The molecule has 2 aliphatic rings. The summed E-state index contributed by atoms with van der Waals surface area (Å²) < 4.78 is 0. The molecule has 1 aliphatic carbocycles. The number of hydrogen-bond acceptors (Lipinski definition) is 3. The maximum Gasteiger partial charge on any atom is 0.326 e. The van der Waals surface area contributed by atoms with E-state index in [1.165, 1.54) is 4.90 Å². The number of amides is 2. The first kappa shape index (κ1) is 13.1. The van der Waals surface area contributed by atoms with Gasteiger partial charge in [0.2, 0.25) is 0 Å². The van der Waals surface area contributed by atoms with Gasteiger partial charge in [-0.2, -0.15) is 0 Å². The van der Waals surface area contributed by atoms with Gasteiger partial charge in [0.25, 0.3) is 0 Å². The van der Waals surface area contributed by atoms with Crippen LogP contribution in [-0.4, -0.2) is 51.3 Å². The first-order valence-corrected chi connectivity index (χ1v) is 6.47. The van der Waals surface area contributed by atoms with E-state index in [-0.39, 0.29) is 24.5 Å². The Hall–Kier alpha value is -1.30. The lowest BCUT2D eigenvalue weighted by Crippen LogP contribution is -2.58. The number of likely N-dealkylation sites (tertiary alicyclic amines) is 1. The number of aliphatic hydroxyl groups is 1. The highest BCUT2D eigenvalue weighted by atomic mass is 16.4. The number of carbonyl (C=O) groups is 2. The Balaban J connectivity index is 2.01. The second-order valence-corrected chi connectivity index (χ2v) is 5.31. The zero-order valence-electron chi connectivity index (χ0n) is 10.6. The molecular weight excluding hydrogens is 236 g/mol. The predicted molar refractivity (Wildman–Crippen MR) is 64.2 cm³/mol. The molecule has 1 heterocycles.